The van der Waals surface area contributed by atoms with E-state index in [2.05, 4.69) is 18.9 Å². The first-order valence-electron chi connectivity index (χ1n) is 6.18. The molecule has 0 aromatic carbocycles. The van der Waals surface area contributed by atoms with Crippen LogP contribution in [0.5, 0.6) is 0 Å². The Morgan fingerprint density at radius 2 is 2.11 bits per heavy atom. The van der Waals surface area contributed by atoms with Gasteiger partial charge in [-0.15, -0.1) is 0 Å². The molecule has 5 heteroatoms. The first-order chi connectivity index (χ1) is 8.43. The predicted octanol–water partition coefficient (Wildman–Crippen LogP) is 1.18. The Balaban J connectivity index is 2.29. The summed E-state index contributed by atoms with van der Waals surface area (Å²) in [4.78, 5) is 12.2. The second kappa shape index (κ2) is 4.57. The van der Waals surface area contributed by atoms with Crippen molar-refractivity contribution in [3.05, 3.63) is 34.5 Å². The van der Waals surface area contributed by atoms with Gasteiger partial charge < -0.3 is 10.3 Å². The van der Waals surface area contributed by atoms with Crippen molar-refractivity contribution in [2.75, 3.05) is 6.54 Å². The van der Waals surface area contributed by atoms with Crippen molar-refractivity contribution >= 4 is 5.52 Å². The van der Waals surface area contributed by atoms with Gasteiger partial charge >= 0.3 is 0 Å². The summed E-state index contributed by atoms with van der Waals surface area (Å²) < 4.78 is 3.36. The fourth-order valence-corrected chi connectivity index (χ4v) is 1.85. The van der Waals surface area contributed by atoms with E-state index in [-0.39, 0.29) is 11.0 Å². The number of nitrogens with zero attached hydrogens (tertiary/aromatic N) is 3. The molecule has 0 saturated heterocycles. The second-order valence-electron chi connectivity index (χ2n) is 5.53. The maximum Gasteiger partial charge on any atom is 0.276 e. The molecule has 2 heterocycles. The van der Waals surface area contributed by atoms with Crippen LogP contribution in [0, 0.1) is 12.3 Å². The van der Waals surface area contributed by atoms with Gasteiger partial charge in [-0.25, -0.2) is 4.52 Å². The number of aryl methyl sites for hydroxylation is 2. The zero-order valence-corrected chi connectivity index (χ0v) is 11.2. The van der Waals surface area contributed by atoms with E-state index in [9.17, 15) is 4.79 Å². The lowest BCUT2D eigenvalue weighted by molar-refractivity contribution is 0.322. The summed E-state index contributed by atoms with van der Waals surface area (Å²) in [5.41, 5.74) is 7.24. The summed E-state index contributed by atoms with van der Waals surface area (Å²) in [5, 5.41) is 4.22. The van der Waals surface area contributed by atoms with E-state index in [1.54, 1.807) is 15.3 Å². The molecule has 2 N–H and O–H groups in total. The molecule has 18 heavy (non-hydrogen) atoms. The molecule has 0 aliphatic rings. The van der Waals surface area contributed by atoms with Crippen LogP contribution in [0.4, 0.5) is 0 Å². The Morgan fingerprint density at radius 3 is 2.78 bits per heavy atom. The van der Waals surface area contributed by atoms with Gasteiger partial charge in [0.05, 0.1) is 5.69 Å². The summed E-state index contributed by atoms with van der Waals surface area (Å²) >= 11 is 0. The third-order valence-corrected chi connectivity index (χ3v) is 3.31. The standard InChI is InChI=1S/C13H20N4O/c1-10-8-11-12(18)16(6-7-17(11)15-10)5-4-13(2,3)9-14/h6-8H,4-5,9,14H2,1-3H3. The molecule has 98 valence electrons. The lowest BCUT2D eigenvalue weighted by Gasteiger charge is -2.22. The van der Waals surface area contributed by atoms with E-state index < -0.39 is 0 Å². The predicted molar refractivity (Wildman–Crippen MR) is 71.6 cm³/mol. The average Bonchev–Trinajstić information content (AvgIpc) is 2.70. The van der Waals surface area contributed by atoms with Crippen LogP contribution >= 0.6 is 0 Å². The van der Waals surface area contributed by atoms with Gasteiger partial charge in [0.2, 0.25) is 0 Å². The van der Waals surface area contributed by atoms with Gasteiger partial charge in [-0.1, -0.05) is 13.8 Å². The van der Waals surface area contributed by atoms with E-state index in [1.807, 2.05) is 19.2 Å². The molecule has 0 aliphatic carbocycles. The minimum atomic E-state index is 0.00548. The van der Waals surface area contributed by atoms with E-state index >= 15 is 0 Å². The first-order valence-corrected chi connectivity index (χ1v) is 6.18. The first kappa shape index (κ1) is 12.8. The molecule has 2 rings (SSSR count). The number of rotatable bonds is 4. The van der Waals surface area contributed by atoms with E-state index in [0.717, 1.165) is 12.1 Å². The van der Waals surface area contributed by atoms with E-state index in [0.29, 0.717) is 18.6 Å². The molecule has 2 aromatic rings. The van der Waals surface area contributed by atoms with Crippen LogP contribution in [0.25, 0.3) is 5.52 Å². The summed E-state index contributed by atoms with van der Waals surface area (Å²) in [6.45, 7) is 7.41. The minimum Gasteiger partial charge on any atom is -0.330 e. The molecule has 0 atom stereocenters. The molecule has 0 unspecified atom stereocenters. The van der Waals surface area contributed by atoms with Gasteiger partial charge in [0.1, 0.15) is 5.52 Å². The number of hydrogen-bond acceptors (Lipinski definition) is 3. The van der Waals surface area contributed by atoms with Crippen molar-refractivity contribution < 1.29 is 0 Å². The van der Waals surface area contributed by atoms with Crippen molar-refractivity contribution in [3.8, 4) is 0 Å². The molecular weight excluding hydrogens is 228 g/mol. The Labute approximate surface area is 106 Å². The van der Waals surface area contributed by atoms with Crippen LogP contribution < -0.4 is 11.3 Å². The summed E-state index contributed by atoms with van der Waals surface area (Å²) in [6.07, 6.45) is 4.49. The maximum absolute atomic E-state index is 12.2. The highest BCUT2D eigenvalue weighted by atomic mass is 16.1. The maximum atomic E-state index is 12.2. The lowest BCUT2D eigenvalue weighted by atomic mass is 9.90. The fraction of sp³-hybridized carbons (Fsp3) is 0.538. The summed E-state index contributed by atoms with van der Waals surface area (Å²) in [7, 11) is 0. The van der Waals surface area contributed by atoms with Crippen molar-refractivity contribution in [2.24, 2.45) is 11.1 Å². The van der Waals surface area contributed by atoms with Gasteiger partial charge in [-0.2, -0.15) is 5.10 Å². The lowest BCUT2D eigenvalue weighted by Crippen LogP contribution is -2.28. The van der Waals surface area contributed by atoms with Gasteiger partial charge in [0.25, 0.3) is 5.56 Å². The number of fused-ring (bicyclic) bond motifs is 1. The zero-order chi connectivity index (χ0) is 13.3. The van der Waals surface area contributed by atoms with Crippen molar-refractivity contribution in [1.82, 2.24) is 14.2 Å². The van der Waals surface area contributed by atoms with Gasteiger partial charge in [-0.05, 0) is 31.4 Å². The minimum absolute atomic E-state index is 0.00548. The molecule has 0 radical (unpaired) electrons. The van der Waals surface area contributed by atoms with Crippen LogP contribution in [-0.2, 0) is 6.54 Å². The highest BCUT2D eigenvalue weighted by Gasteiger charge is 2.16. The Bertz CT molecular complexity index is 609. The molecule has 0 saturated carbocycles. The SMILES string of the molecule is Cc1cc2c(=O)n(CCC(C)(C)CN)ccn2n1. The van der Waals surface area contributed by atoms with Crippen molar-refractivity contribution in [2.45, 2.75) is 33.7 Å². The molecule has 2 aromatic heterocycles. The Kier molecular flexibility index (Phi) is 3.26. The van der Waals surface area contributed by atoms with Crippen molar-refractivity contribution in [3.63, 3.8) is 0 Å². The van der Waals surface area contributed by atoms with E-state index in [1.165, 1.54) is 0 Å². The second-order valence-corrected chi connectivity index (χ2v) is 5.53. The third kappa shape index (κ3) is 2.46. The summed E-state index contributed by atoms with van der Waals surface area (Å²) in [6, 6.07) is 1.81. The normalized spacial score (nSPS) is 12.2. The third-order valence-electron chi connectivity index (χ3n) is 3.31. The van der Waals surface area contributed by atoms with Crippen LogP contribution in [-0.4, -0.2) is 20.7 Å². The molecular formula is C13H20N4O. The number of nitrogens with two attached hydrogens (primary N) is 1. The average molecular weight is 248 g/mol. The van der Waals surface area contributed by atoms with Crippen molar-refractivity contribution in [1.29, 1.82) is 0 Å². The topological polar surface area (TPSA) is 65.3 Å². The van der Waals surface area contributed by atoms with Crippen LogP contribution in [0.15, 0.2) is 23.3 Å². The number of aromatic nitrogens is 3. The zero-order valence-electron chi connectivity index (χ0n) is 11.2. The van der Waals surface area contributed by atoms with Gasteiger partial charge in [0, 0.05) is 18.9 Å². The van der Waals surface area contributed by atoms with E-state index in [4.69, 9.17) is 5.73 Å². The highest BCUT2D eigenvalue weighted by Crippen LogP contribution is 2.18. The molecule has 0 spiro atoms. The molecule has 0 amide bonds. The highest BCUT2D eigenvalue weighted by molar-refractivity contribution is 5.44. The van der Waals surface area contributed by atoms with Gasteiger partial charge in [-0.3, -0.25) is 4.79 Å². The largest absolute Gasteiger partial charge is 0.330 e. The van der Waals surface area contributed by atoms with Crippen LogP contribution in [0.1, 0.15) is 26.0 Å². The Hall–Kier alpha value is -1.62. The quantitative estimate of drug-likeness (QED) is 0.883. The van der Waals surface area contributed by atoms with Gasteiger partial charge in [0.15, 0.2) is 0 Å². The Morgan fingerprint density at radius 1 is 1.39 bits per heavy atom. The van der Waals surface area contributed by atoms with Crippen LogP contribution in [0.3, 0.4) is 0 Å². The van der Waals surface area contributed by atoms with Crippen LogP contribution in [0.2, 0.25) is 0 Å². The monoisotopic (exact) mass is 248 g/mol. The molecule has 0 fully saturated rings. The molecule has 0 aliphatic heterocycles. The molecule has 0 bridgehead atoms. The summed E-state index contributed by atoms with van der Waals surface area (Å²) in [5.74, 6) is 0. The molecule has 5 nitrogen and oxygen atoms in total. The smallest absolute Gasteiger partial charge is 0.276 e. The number of hydrogen-bond donors (Lipinski definition) is 1. The fourth-order valence-electron chi connectivity index (χ4n) is 1.85.